The number of rotatable bonds is 0. The number of nitrogen functional groups attached to an aromatic ring is 1. The molecule has 1 heterocycles. The zero-order chi connectivity index (χ0) is 13.8. The molecule has 0 fully saturated rings. The fraction of sp³-hybridized carbons (Fsp3) is 0.176. The van der Waals surface area contributed by atoms with Crippen molar-refractivity contribution in [1.82, 2.24) is 4.98 Å². The first-order chi connectivity index (χ1) is 9.08. The molecule has 0 saturated carbocycles. The number of aryl methyl sites for hydroxylation is 3. The molecule has 0 unspecified atom stereocenters. The molecule has 0 saturated heterocycles. The van der Waals surface area contributed by atoms with E-state index in [9.17, 15) is 0 Å². The van der Waals surface area contributed by atoms with Gasteiger partial charge in [-0.1, -0.05) is 30.3 Å². The summed E-state index contributed by atoms with van der Waals surface area (Å²) in [6, 6.07) is 16.2. The van der Waals surface area contributed by atoms with Gasteiger partial charge < -0.3 is 10.7 Å². The van der Waals surface area contributed by atoms with Crippen molar-refractivity contribution in [3.63, 3.8) is 0 Å². The molecule has 0 aliphatic carbocycles. The lowest BCUT2D eigenvalue weighted by atomic mass is 10.2. The molecule has 0 atom stereocenters. The highest BCUT2D eigenvalue weighted by Gasteiger charge is 2.00. The second kappa shape index (κ2) is 5.61. The predicted octanol–water partition coefficient (Wildman–Crippen LogP) is 4.36. The van der Waals surface area contributed by atoms with E-state index in [2.05, 4.69) is 43.1 Å². The van der Waals surface area contributed by atoms with Crippen LogP contribution in [0.15, 0.2) is 48.5 Å². The van der Waals surface area contributed by atoms with Crippen molar-refractivity contribution >= 4 is 16.6 Å². The first kappa shape index (κ1) is 13.2. The van der Waals surface area contributed by atoms with E-state index in [0.29, 0.717) is 0 Å². The van der Waals surface area contributed by atoms with Gasteiger partial charge in [0.1, 0.15) is 0 Å². The van der Waals surface area contributed by atoms with E-state index in [4.69, 9.17) is 5.73 Å². The van der Waals surface area contributed by atoms with E-state index >= 15 is 0 Å². The van der Waals surface area contributed by atoms with Gasteiger partial charge in [-0.05, 0) is 50.1 Å². The van der Waals surface area contributed by atoms with Crippen LogP contribution in [0.3, 0.4) is 0 Å². The molecule has 0 spiro atoms. The largest absolute Gasteiger partial charge is 0.399 e. The second-order valence-corrected chi connectivity index (χ2v) is 4.83. The van der Waals surface area contributed by atoms with E-state index in [0.717, 1.165) is 5.69 Å². The Labute approximate surface area is 114 Å². The molecule has 3 aromatic rings. The van der Waals surface area contributed by atoms with Crippen LogP contribution in [-0.4, -0.2) is 4.98 Å². The van der Waals surface area contributed by atoms with Crippen molar-refractivity contribution < 1.29 is 0 Å². The van der Waals surface area contributed by atoms with Crippen LogP contribution in [0.4, 0.5) is 5.69 Å². The smallest absolute Gasteiger partial charge is 0.0458 e. The van der Waals surface area contributed by atoms with Gasteiger partial charge in [0.15, 0.2) is 0 Å². The first-order valence-electron chi connectivity index (χ1n) is 6.44. The number of aromatic amines is 1. The minimum atomic E-state index is 0.838. The Hall–Kier alpha value is -2.22. The van der Waals surface area contributed by atoms with Gasteiger partial charge in [-0.3, -0.25) is 0 Å². The number of benzene rings is 2. The summed E-state index contributed by atoms with van der Waals surface area (Å²) in [6.45, 7) is 6.28. The minimum absolute atomic E-state index is 0.838. The van der Waals surface area contributed by atoms with Crippen molar-refractivity contribution in [3.05, 3.63) is 65.4 Å². The first-order valence-corrected chi connectivity index (χ1v) is 6.44. The molecule has 0 bridgehead atoms. The second-order valence-electron chi connectivity index (χ2n) is 4.83. The lowest BCUT2D eigenvalue weighted by Crippen LogP contribution is -1.82. The van der Waals surface area contributed by atoms with Crippen molar-refractivity contribution in [2.45, 2.75) is 20.8 Å². The molecule has 0 amide bonds. The lowest BCUT2D eigenvalue weighted by Gasteiger charge is -1.91. The molecule has 0 radical (unpaired) electrons. The van der Waals surface area contributed by atoms with Crippen molar-refractivity contribution in [2.75, 3.05) is 5.73 Å². The molecule has 2 heteroatoms. The molecule has 1 aromatic heterocycles. The molecule has 3 N–H and O–H groups in total. The summed E-state index contributed by atoms with van der Waals surface area (Å²) < 4.78 is 0. The molecular weight excluding hydrogens is 232 g/mol. The van der Waals surface area contributed by atoms with Crippen molar-refractivity contribution in [1.29, 1.82) is 0 Å². The van der Waals surface area contributed by atoms with Crippen LogP contribution < -0.4 is 5.73 Å². The average Bonchev–Trinajstić information content (AvgIpc) is 2.66. The predicted molar refractivity (Wildman–Crippen MR) is 83.4 cm³/mol. The Kier molecular flexibility index (Phi) is 3.91. The maximum Gasteiger partial charge on any atom is 0.0458 e. The summed E-state index contributed by atoms with van der Waals surface area (Å²) in [7, 11) is 0. The standard InChI is InChI=1S/C10H11N.C7H9N/c1-7-8(2)11-10-6-4-3-5-9(7)10;1-6-3-2-4-7(8)5-6/h3-6,11H,1-2H3;2-5H,8H2,1H3. The zero-order valence-corrected chi connectivity index (χ0v) is 11.7. The van der Waals surface area contributed by atoms with E-state index in [1.54, 1.807) is 0 Å². The summed E-state index contributed by atoms with van der Waals surface area (Å²) in [5.74, 6) is 0. The average molecular weight is 252 g/mol. The lowest BCUT2D eigenvalue weighted by molar-refractivity contribution is 1.25. The highest BCUT2D eigenvalue weighted by molar-refractivity contribution is 5.84. The van der Waals surface area contributed by atoms with Gasteiger partial charge in [0.05, 0.1) is 0 Å². The van der Waals surface area contributed by atoms with E-state index in [1.807, 2.05) is 31.2 Å². The van der Waals surface area contributed by atoms with E-state index < -0.39 is 0 Å². The highest BCUT2D eigenvalue weighted by Crippen LogP contribution is 2.19. The summed E-state index contributed by atoms with van der Waals surface area (Å²) in [6.07, 6.45) is 0. The molecule has 2 nitrogen and oxygen atoms in total. The van der Waals surface area contributed by atoms with Gasteiger partial charge in [0, 0.05) is 22.3 Å². The Morgan fingerprint density at radius 2 is 1.63 bits per heavy atom. The SMILES string of the molecule is Cc1[nH]c2ccccc2c1C.Cc1cccc(N)c1. The Balaban J connectivity index is 0.000000148. The molecule has 98 valence electrons. The van der Waals surface area contributed by atoms with Gasteiger partial charge in [-0.25, -0.2) is 0 Å². The number of para-hydroxylation sites is 1. The van der Waals surface area contributed by atoms with Gasteiger partial charge in [0.2, 0.25) is 0 Å². The number of aromatic nitrogens is 1. The number of nitrogens with one attached hydrogen (secondary N) is 1. The molecule has 3 rings (SSSR count). The van der Waals surface area contributed by atoms with Crippen LogP contribution in [0.2, 0.25) is 0 Å². The molecule has 2 aromatic carbocycles. The third-order valence-electron chi connectivity index (χ3n) is 3.26. The zero-order valence-electron chi connectivity index (χ0n) is 11.7. The third-order valence-corrected chi connectivity index (χ3v) is 3.26. The van der Waals surface area contributed by atoms with Crippen LogP contribution in [0.25, 0.3) is 10.9 Å². The van der Waals surface area contributed by atoms with Gasteiger partial charge in [-0.15, -0.1) is 0 Å². The number of fused-ring (bicyclic) bond motifs is 1. The summed E-state index contributed by atoms with van der Waals surface area (Å²) in [5.41, 5.74) is 11.4. The maximum atomic E-state index is 5.46. The number of hydrogen-bond acceptors (Lipinski definition) is 1. The Bertz CT molecular complexity index is 663. The fourth-order valence-electron chi connectivity index (χ4n) is 2.09. The number of anilines is 1. The van der Waals surface area contributed by atoms with Crippen LogP contribution in [0.5, 0.6) is 0 Å². The van der Waals surface area contributed by atoms with Gasteiger partial charge >= 0.3 is 0 Å². The van der Waals surface area contributed by atoms with Crippen molar-refractivity contribution in [2.24, 2.45) is 0 Å². The maximum absolute atomic E-state index is 5.46. The summed E-state index contributed by atoms with van der Waals surface area (Å²) >= 11 is 0. The fourth-order valence-corrected chi connectivity index (χ4v) is 2.09. The van der Waals surface area contributed by atoms with Gasteiger partial charge in [-0.2, -0.15) is 0 Å². The Morgan fingerprint density at radius 3 is 2.21 bits per heavy atom. The van der Waals surface area contributed by atoms with Crippen LogP contribution in [0.1, 0.15) is 16.8 Å². The third kappa shape index (κ3) is 3.16. The quantitative estimate of drug-likeness (QED) is 0.573. The number of hydrogen-bond donors (Lipinski definition) is 2. The minimum Gasteiger partial charge on any atom is -0.399 e. The molecule has 19 heavy (non-hydrogen) atoms. The summed E-state index contributed by atoms with van der Waals surface area (Å²) in [4.78, 5) is 3.33. The van der Waals surface area contributed by atoms with Crippen LogP contribution >= 0.6 is 0 Å². The molecular formula is C17H20N2. The molecule has 0 aliphatic rings. The number of nitrogens with two attached hydrogens (primary N) is 1. The van der Waals surface area contributed by atoms with Crippen molar-refractivity contribution in [3.8, 4) is 0 Å². The van der Waals surface area contributed by atoms with Gasteiger partial charge in [0.25, 0.3) is 0 Å². The molecule has 0 aliphatic heterocycles. The number of H-pyrrole nitrogens is 1. The topological polar surface area (TPSA) is 41.8 Å². The normalized spacial score (nSPS) is 10.1. The monoisotopic (exact) mass is 252 g/mol. The highest BCUT2D eigenvalue weighted by atomic mass is 14.7. The van der Waals surface area contributed by atoms with E-state index in [1.165, 1.54) is 27.7 Å². The van der Waals surface area contributed by atoms with Crippen LogP contribution in [-0.2, 0) is 0 Å². The summed E-state index contributed by atoms with van der Waals surface area (Å²) in [5, 5.41) is 1.34. The Morgan fingerprint density at radius 1 is 0.895 bits per heavy atom. The van der Waals surface area contributed by atoms with E-state index in [-0.39, 0.29) is 0 Å². The van der Waals surface area contributed by atoms with Crippen LogP contribution in [0, 0.1) is 20.8 Å².